The fourth-order valence-corrected chi connectivity index (χ4v) is 1.74. The van der Waals surface area contributed by atoms with E-state index in [1.807, 2.05) is 6.07 Å². The van der Waals surface area contributed by atoms with E-state index < -0.39 is 0 Å². The van der Waals surface area contributed by atoms with Crippen LogP contribution in [0.3, 0.4) is 0 Å². The topological polar surface area (TPSA) is 84.0 Å². The smallest absolute Gasteiger partial charge is 0.270 e. The summed E-state index contributed by atoms with van der Waals surface area (Å²) in [6, 6.07) is 6.66. The second-order valence-electron chi connectivity index (χ2n) is 4.47. The summed E-state index contributed by atoms with van der Waals surface area (Å²) in [6.45, 7) is 4.24. The summed E-state index contributed by atoms with van der Waals surface area (Å²) in [7, 11) is 0. The van der Waals surface area contributed by atoms with Crippen molar-refractivity contribution in [3.63, 3.8) is 0 Å². The van der Waals surface area contributed by atoms with Crippen LogP contribution in [0, 0.1) is 0 Å². The van der Waals surface area contributed by atoms with Crippen molar-refractivity contribution in [1.82, 2.24) is 20.6 Å². The zero-order valence-corrected chi connectivity index (χ0v) is 12.0. The van der Waals surface area contributed by atoms with Gasteiger partial charge in [0.1, 0.15) is 5.69 Å². The maximum Gasteiger partial charge on any atom is 0.270 e. The summed E-state index contributed by atoms with van der Waals surface area (Å²) in [5.74, 6) is -0.620. The van der Waals surface area contributed by atoms with Crippen LogP contribution in [0.4, 0.5) is 0 Å². The first kappa shape index (κ1) is 15.4. The highest BCUT2D eigenvalue weighted by atomic mass is 16.2. The average molecular weight is 296 g/mol. The molecule has 2 N–H and O–H groups in total. The third kappa shape index (κ3) is 4.24. The van der Waals surface area contributed by atoms with Crippen LogP contribution in [0.25, 0.3) is 0 Å². The second kappa shape index (κ2) is 7.68. The van der Waals surface area contributed by atoms with Gasteiger partial charge in [-0.05, 0) is 23.8 Å². The van der Waals surface area contributed by atoms with E-state index in [0.717, 1.165) is 5.56 Å². The normalized spacial score (nSPS) is 9.82. The summed E-state index contributed by atoms with van der Waals surface area (Å²) in [5.41, 5.74) is 1.45. The number of amides is 2. The molecule has 112 valence electrons. The molecule has 0 spiro atoms. The van der Waals surface area contributed by atoms with Crippen LogP contribution in [0.5, 0.6) is 0 Å². The summed E-state index contributed by atoms with van der Waals surface area (Å²) in [5, 5.41) is 5.38. The fraction of sp³-hybridized carbons (Fsp3) is 0.125. The number of nitrogens with one attached hydrogen (secondary N) is 2. The van der Waals surface area contributed by atoms with Crippen molar-refractivity contribution in [1.29, 1.82) is 0 Å². The Balaban J connectivity index is 2.00. The minimum absolute atomic E-state index is 0.190. The lowest BCUT2D eigenvalue weighted by molar-refractivity contribution is 0.0946. The molecular weight excluding hydrogens is 280 g/mol. The second-order valence-corrected chi connectivity index (χ2v) is 4.47. The Bertz CT molecular complexity index is 671. The third-order valence-electron chi connectivity index (χ3n) is 2.84. The molecule has 0 aromatic carbocycles. The Morgan fingerprint density at radius 3 is 2.77 bits per heavy atom. The quantitative estimate of drug-likeness (QED) is 0.788. The number of aromatic nitrogens is 2. The third-order valence-corrected chi connectivity index (χ3v) is 2.84. The van der Waals surface area contributed by atoms with Gasteiger partial charge in [0, 0.05) is 37.2 Å². The molecule has 6 nitrogen and oxygen atoms in total. The number of nitrogens with zero attached hydrogens (tertiary/aromatic N) is 2. The Kier molecular flexibility index (Phi) is 5.37. The standard InChI is InChI=1S/C16H16N4O2/c1-2-6-19-15(21)13-5-8-18-14(9-13)16(22)20-11-12-4-3-7-17-10-12/h2-5,7-10H,1,6,11H2,(H,19,21)(H,20,22). The molecule has 0 atom stereocenters. The first-order valence-corrected chi connectivity index (χ1v) is 6.73. The molecule has 0 aliphatic rings. The lowest BCUT2D eigenvalue weighted by Gasteiger charge is -2.06. The van der Waals surface area contributed by atoms with Gasteiger partial charge < -0.3 is 10.6 Å². The lowest BCUT2D eigenvalue weighted by Crippen LogP contribution is -2.26. The van der Waals surface area contributed by atoms with Crippen LogP contribution in [-0.2, 0) is 6.54 Å². The highest BCUT2D eigenvalue weighted by Crippen LogP contribution is 2.03. The molecule has 0 saturated carbocycles. The maximum absolute atomic E-state index is 12.1. The molecule has 2 heterocycles. The van der Waals surface area contributed by atoms with E-state index in [0.29, 0.717) is 18.7 Å². The molecule has 2 rings (SSSR count). The Morgan fingerprint density at radius 1 is 1.18 bits per heavy atom. The number of rotatable bonds is 6. The van der Waals surface area contributed by atoms with Gasteiger partial charge in [-0.3, -0.25) is 19.6 Å². The molecule has 0 aliphatic carbocycles. The van der Waals surface area contributed by atoms with Gasteiger partial charge in [0.15, 0.2) is 0 Å². The van der Waals surface area contributed by atoms with Crippen LogP contribution in [0.2, 0.25) is 0 Å². The molecule has 0 fully saturated rings. The fourth-order valence-electron chi connectivity index (χ4n) is 1.74. The van der Waals surface area contributed by atoms with Gasteiger partial charge in [-0.15, -0.1) is 6.58 Å². The molecule has 22 heavy (non-hydrogen) atoms. The summed E-state index contributed by atoms with van der Waals surface area (Å²) in [6.07, 6.45) is 6.35. The van der Waals surface area contributed by atoms with Crippen LogP contribution in [0.1, 0.15) is 26.4 Å². The zero-order valence-electron chi connectivity index (χ0n) is 12.0. The van der Waals surface area contributed by atoms with E-state index in [4.69, 9.17) is 0 Å². The van der Waals surface area contributed by atoms with Crippen molar-refractivity contribution in [2.24, 2.45) is 0 Å². The van der Waals surface area contributed by atoms with Crippen LogP contribution < -0.4 is 10.6 Å². The van der Waals surface area contributed by atoms with E-state index in [1.165, 1.54) is 12.3 Å². The molecule has 0 radical (unpaired) electrons. The number of carbonyl (C=O) groups is 2. The zero-order chi connectivity index (χ0) is 15.8. The molecule has 0 unspecified atom stereocenters. The van der Waals surface area contributed by atoms with Crippen LogP contribution >= 0.6 is 0 Å². The van der Waals surface area contributed by atoms with Crippen molar-refractivity contribution >= 4 is 11.8 Å². The minimum Gasteiger partial charge on any atom is -0.349 e. The van der Waals surface area contributed by atoms with Crippen LogP contribution in [0.15, 0.2) is 55.5 Å². The van der Waals surface area contributed by atoms with Crippen molar-refractivity contribution in [2.45, 2.75) is 6.54 Å². The monoisotopic (exact) mass is 296 g/mol. The lowest BCUT2D eigenvalue weighted by atomic mass is 10.2. The van der Waals surface area contributed by atoms with E-state index in [9.17, 15) is 9.59 Å². The van der Waals surface area contributed by atoms with Gasteiger partial charge in [-0.1, -0.05) is 12.1 Å². The molecule has 2 amide bonds. The van der Waals surface area contributed by atoms with Crippen LogP contribution in [-0.4, -0.2) is 28.3 Å². The number of pyridine rings is 2. The van der Waals surface area contributed by atoms with Gasteiger partial charge in [0.2, 0.25) is 0 Å². The number of carbonyl (C=O) groups excluding carboxylic acids is 2. The Labute approximate surface area is 128 Å². The minimum atomic E-state index is -0.345. The van der Waals surface area contributed by atoms with Crippen molar-refractivity contribution in [3.8, 4) is 0 Å². The number of hydrogen-bond acceptors (Lipinski definition) is 4. The SMILES string of the molecule is C=CCNC(=O)c1ccnc(C(=O)NCc2cccnc2)c1. The van der Waals surface area contributed by atoms with Gasteiger partial charge >= 0.3 is 0 Å². The Morgan fingerprint density at radius 2 is 2.05 bits per heavy atom. The molecule has 0 saturated heterocycles. The molecular formula is C16H16N4O2. The van der Waals surface area contributed by atoms with Crippen molar-refractivity contribution < 1.29 is 9.59 Å². The average Bonchev–Trinajstić information content (AvgIpc) is 2.58. The highest BCUT2D eigenvalue weighted by Gasteiger charge is 2.11. The van der Waals surface area contributed by atoms with E-state index in [1.54, 1.807) is 30.6 Å². The Hall–Kier alpha value is -3.02. The van der Waals surface area contributed by atoms with E-state index in [2.05, 4.69) is 27.2 Å². The summed E-state index contributed by atoms with van der Waals surface area (Å²) >= 11 is 0. The van der Waals surface area contributed by atoms with E-state index in [-0.39, 0.29) is 17.5 Å². The van der Waals surface area contributed by atoms with Gasteiger partial charge in [0.25, 0.3) is 11.8 Å². The highest BCUT2D eigenvalue weighted by molar-refractivity contribution is 5.98. The largest absolute Gasteiger partial charge is 0.349 e. The summed E-state index contributed by atoms with van der Waals surface area (Å²) in [4.78, 5) is 31.9. The molecule has 2 aromatic rings. The van der Waals surface area contributed by atoms with E-state index >= 15 is 0 Å². The molecule has 0 aliphatic heterocycles. The first-order chi connectivity index (χ1) is 10.7. The maximum atomic E-state index is 12.1. The molecule has 2 aromatic heterocycles. The number of hydrogen-bond donors (Lipinski definition) is 2. The van der Waals surface area contributed by atoms with Gasteiger partial charge in [0.05, 0.1) is 0 Å². The summed E-state index contributed by atoms with van der Waals surface area (Å²) < 4.78 is 0. The van der Waals surface area contributed by atoms with Crippen molar-refractivity contribution in [3.05, 3.63) is 72.3 Å². The molecule has 6 heteroatoms. The predicted molar refractivity (Wildman–Crippen MR) is 82.2 cm³/mol. The predicted octanol–water partition coefficient (Wildman–Crippen LogP) is 1.32. The van der Waals surface area contributed by atoms with Gasteiger partial charge in [-0.2, -0.15) is 0 Å². The first-order valence-electron chi connectivity index (χ1n) is 6.73. The van der Waals surface area contributed by atoms with Crippen molar-refractivity contribution in [2.75, 3.05) is 6.54 Å². The molecule has 0 bridgehead atoms. The van der Waals surface area contributed by atoms with Gasteiger partial charge in [-0.25, -0.2) is 0 Å².